The maximum Gasteiger partial charge on any atom is 0.262 e. The van der Waals surface area contributed by atoms with E-state index in [4.69, 9.17) is 32.7 Å². The van der Waals surface area contributed by atoms with Crippen molar-refractivity contribution in [1.82, 2.24) is 5.32 Å². The number of nitriles is 1. The quantitative estimate of drug-likeness (QED) is 0.286. The number of hydrogen-bond donors (Lipinski definition) is 1. The molecule has 3 rings (SSSR count). The first-order valence-electron chi connectivity index (χ1n) is 9.76. The summed E-state index contributed by atoms with van der Waals surface area (Å²) in [6.07, 6.45) is 1.52. The number of nitrogens with zero attached hydrogens (tertiary/aromatic N) is 1. The Morgan fingerprint density at radius 1 is 1.12 bits per heavy atom. The maximum absolute atomic E-state index is 12.4. The van der Waals surface area contributed by atoms with Gasteiger partial charge in [0, 0.05) is 4.88 Å². The lowest BCUT2D eigenvalue weighted by Gasteiger charge is -2.13. The van der Waals surface area contributed by atoms with Gasteiger partial charge in [0.15, 0.2) is 11.5 Å². The van der Waals surface area contributed by atoms with Gasteiger partial charge in [-0.3, -0.25) is 4.79 Å². The highest BCUT2D eigenvalue weighted by molar-refractivity contribution is 7.09. The zero-order valence-electron chi connectivity index (χ0n) is 17.2. The number of rotatable bonds is 9. The highest BCUT2D eigenvalue weighted by Gasteiger charge is 2.12. The lowest BCUT2D eigenvalue weighted by atomic mass is 10.1. The van der Waals surface area contributed by atoms with E-state index in [1.54, 1.807) is 41.7 Å². The van der Waals surface area contributed by atoms with Crippen LogP contribution in [0.2, 0.25) is 10.0 Å². The molecule has 1 aromatic heterocycles. The van der Waals surface area contributed by atoms with E-state index >= 15 is 0 Å². The molecule has 3 aromatic rings. The summed E-state index contributed by atoms with van der Waals surface area (Å²) in [5.74, 6) is 0.618. The Bertz CT molecular complexity index is 1150. The first kappa shape index (κ1) is 23.7. The van der Waals surface area contributed by atoms with Crippen LogP contribution in [0.15, 0.2) is 59.5 Å². The molecule has 32 heavy (non-hydrogen) atoms. The number of benzene rings is 2. The molecule has 0 radical (unpaired) electrons. The monoisotopic (exact) mass is 486 g/mol. The number of hydrogen-bond acceptors (Lipinski definition) is 5. The zero-order chi connectivity index (χ0) is 22.9. The first-order chi connectivity index (χ1) is 15.5. The van der Waals surface area contributed by atoms with Crippen LogP contribution in [0.3, 0.4) is 0 Å². The predicted molar refractivity (Wildman–Crippen MR) is 128 cm³/mol. The Hall–Kier alpha value is -2.98. The van der Waals surface area contributed by atoms with Crippen LogP contribution in [0.25, 0.3) is 6.08 Å². The predicted octanol–water partition coefficient (Wildman–Crippen LogP) is 6.26. The molecule has 0 unspecified atom stereocenters. The van der Waals surface area contributed by atoms with Crippen molar-refractivity contribution in [3.05, 3.63) is 85.5 Å². The van der Waals surface area contributed by atoms with Gasteiger partial charge in [0.05, 0.1) is 23.2 Å². The van der Waals surface area contributed by atoms with Crippen molar-refractivity contribution in [3.63, 3.8) is 0 Å². The molecule has 1 N–H and O–H groups in total. The van der Waals surface area contributed by atoms with Gasteiger partial charge in [0.1, 0.15) is 18.2 Å². The van der Waals surface area contributed by atoms with E-state index in [0.717, 1.165) is 10.4 Å². The molecular weight excluding hydrogens is 467 g/mol. The molecule has 164 valence electrons. The van der Waals surface area contributed by atoms with E-state index in [0.29, 0.717) is 40.3 Å². The molecule has 0 aliphatic heterocycles. The largest absolute Gasteiger partial charge is 0.490 e. The van der Waals surface area contributed by atoms with Crippen LogP contribution in [0.1, 0.15) is 22.9 Å². The second-order valence-corrected chi connectivity index (χ2v) is 8.45. The molecule has 0 saturated heterocycles. The Kier molecular flexibility index (Phi) is 8.57. The van der Waals surface area contributed by atoms with E-state index in [2.05, 4.69) is 5.32 Å². The minimum absolute atomic E-state index is 0.00785. The lowest BCUT2D eigenvalue weighted by molar-refractivity contribution is -0.117. The summed E-state index contributed by atoms with van der Waals surface area (Å²) < 4.78 is 11.6. The highest BCUT2D eigenvalue weighted by Crippen LogP contribution is 2.31. The Balaban J connectivity index is 1.73. The van der Waals surface area contributed by atoms with Gasteiger partial charge in [-0.15, -0.1) is 11.3 Å². The van der Waals surface area contributed by atoms with Gasteiger partial charge in [-0.25, -0.2) is 0 Å². The van der Waals surface area contributed by atoms with Gasteiger partial charge in [-0.1, -0.05) is 41.4 Å². The number of ether oxygens (including phenoxy) is 2. The molecule has 0 saturated carbocycles. The van der Waals surface area contributed by atoms with Crippen LogP contribution >= 0.6 is 34.5 Å². The number of carbonyl (C=O) groups excluding carboxylic acids is 1. The van der Waals surface area contributed by atoms with Crippen molar-refractivity contribution in [3.8, 4) is 17.6 Å². The molecule has 0 aliphatic rings. The van der Waals surface area contributed by atoms with Gasteiger partial charge >= 0.3 is 0 Å². The van der Waals surface area contributed by atoms with Crippen molar-refractivity contribution >= 4 is 46.5 Å². The summed E-state index contributed by atoms with van der Waals surface area (Å²) in [6, 6.07) is 16.3. The molecule has 1 amide bonds. The van der Waals surface area contributed by atoms with Gasteiger partial charge in [0.25, 0.3) is 5.91 Å². The molecule has 0 fully saturated rings. The van der Waals surface area contributed by atoms with Crippen molar-refractivity contribution in [2.45, 2.75) is 20.1 Å². The van der Waals surface area contributed by atoms with Gasteiger partial charge in [-0.05, 0) is 59.8 Å². The first-order valence-corrected chi connectivity index (χ1v) is 11.4. The summed E-state index contributed by atoms with van der Waals surface area (Å²) in [5.41, 5.74) is 1.52. The number of amides is 1. The SMILES string of the molecule is CCOc1cc(/C=C(\C#N)C(=O)NCc2cccs2)ccc1OCc1ccc(Cl)c(Cl)c1. The molecule has 0 atom stereocenters. The number of carbonyl (C=O) groups is 1. The maximum atomic E-state index is 12.4. The third-order valence-electron chi connectivity index (χ3n) is 4.33. The fourth-order valence-corrected chi connectivity index (χ4v) is 3.75. The van der Waals surface area contributed by atoms with E-state index in [1.807, 2.05) is 36.6 Å². The van der Waals surface area contributed by atoms with E-state index in [9.17, 15) is 10.1 Å². The van der Waals surface area contributed by atoms with E-state index < -0.39 is 5.91 Å². The third-order valence-corrected chi connectivity index (χ3v) is 5.94. The van der Waals surface area contributed by atoms with Crippen molar-refractivity contribution < 1.29 is 14.3 Å². The van der Waals surface area contributed by atoms with E-state index in [-0.39, 0.29) is 12.2 Å². The Labute approximate surface area is 200 Å². The third kappa shape index (κ3) is 6.51. The molecule has 8 heteroatoms. The van der Waals surface area contributed by atoms with E-state index in [1.165, 1.54) is 6.08 Å². The average molecular weight is 487 g/mol. The van der Waals surface area contributed by atoms with Crippen molar-refractivity contribution in [2.75, 3.05) is 6.61 Å². The molecule has 5 nitrogen and oxygen atoms in total. The average Bonchev–Trinajstić information content (AvgIpc) is 3.31. The fraction of sp³-hybridized carbons (Fsp3) is 0.167. The second kappa shape index (κ2) is 11.6. The van der Waals surface area contributed by atoms with Crippen LogP contribution in [0.5, 0.6) is 11.5 Å². The van der Waals surface area contributed by atoms with Crippen LogP contribution in [-0.2, 0) is 17.9 Å². The molecule has 1 heterocycles. The summed E-state index contributed by atoms with van der Waals surface area (Å²) >= 11 is 13.6. The minimum Gasteiger partial charge on any atom is -0.490 e. The van der Waals surface area contributed by atoms with Crippen LogP contribution < -0.4 is 14.8 Å². The van der Waals surface area contributed by atoms with Crippen LogP contribution in [0, 0.1) is 11.3 Å². The Morgan fingerprint density at radius 2 is 1.97 bits per heavy atom. The van der Waals surface area contributed by atoms with Crippen molar-refractivity contribution in [2.24, 2.45) is 0 Å². The van der Waals surface area contributed by atoms with Gasteiger partial charge in [-0.2, -0.15) is 5.26 Å². The minimum atomic E-state index is -0.432. The standard InChI is InChI=1S/C24H20Cl2N2O3S/c1-2-30-23-12-16(10-18(13-27)24(29)28-14-19-4-3-9-32-19)6-8-22(23)31-15-17-5-7-20(25)21(26)11-17/h3-12H,2,14-15H2,1H3,(H,28,29)/b18-10+. The number of thiophene rings is 1. The number of nitrogens with one attached hydrogen (secondary N) is 1. The highest BCUT2D eigenvalue weighted by atomic mass is 35.5. The van der Waals surface area contributed by atoms with Crippen molar-refractivity contribution in [1.29, 1.82) is 5.26 Å². The fourth-order valence-electron chi connectivity index (χ4n) is 2.78. The summed E-state index contributed by atoms with van der Waals surface area (Å²) in [4.78, 5) is 13.4. The van der Waals surface area contributed by atoms with Crippen LogP contribution in [-0.4, -0.2) is 12.5 Å². The summed E-state index contributed by atoms with van der Waals surface area (Å²) in [6.45, 7) is 2.95. The van der Waals surface area contributed by atoms with Crippen LogP contribution in [0.4, 0.5) is 0 Å². The number of halogens is 2. The normalized spacial score (nSPS) is 11.0. The smallest absolute Gasteiger partial charge is 0.262 e. The Morgan fingerprint density at radius 3 is 2.66 bits per heavy atom. The second-order valence-electron chi connectivity index (χ2n) is 6.61. The molecule has 0 spiro atoms. The van der Waals surface area contributed by atoms with Gasteiger partial charge in [0.2, 0.25) is 0 Å². The summed E-state index contributed by atoms with van der Waals surface area (Å²) in [5, 5.41) is 15.1. The summed E-state index contributed by atoms with van der Waals surface area (Å²) in [7, 11) is 0. The molecule has 0 bridgehead atoms. The molecule has 2 aromatic carbocycles. The van der Waals surface area contributed by atoms with Gasteiger partial charge < -0.3 is 14.8 Å². The molecular formula is C24H20Cl2N2O3S. The topological polar surface area (TPSA) is 71.3 Å². The molecule has 0 aliphatic carbocycles. The zero-order valence-corrected chi connectivity index (χ0v) is 19.6. The lowest BCUT2D eigenvalue weighted by Crippen LogP contribution is -2.23.